The lowest BCUT2D eigenvalue weighted by Gasteiger charge is -2.41. The van der Waals surface area contributed by atoms with Crippen LogP contribution in [0.15, 0.2) is 24.3 Å². The van der Waals surface area contributed by atoms with Crippen LogP contribution in [0.1, 0.15) is 56.9 Å². The summed E-state index contributed by atoms with van der Waals surface area (Å²) in [6.07, 6.45) is 7.01. The number of rotatable bonds is 6. The highest BCUT2D eigenvalue weighted by atomic mass is 16.2. The van der Waals surface area contributed by atoms with E-state index in [0.29, 0.717) is 19.6 Å². The maximum Gasteiger partial charge on any atom is 0.322 e. The Morgan fingerprint density at radius 3 is 2.31 bits per heavy atom. The van der Waals surface area contributed by atoms with E-state index >= 15 is 0 Å². The van der Waals surface area contributed by atoms with Gasteiger partial charge in [0.15, 0.2) is 5.78 Å². The zero-order chi connectivity index (χ0) is 25.1. The van der Waals surface area contributed by atoms with Gasteiger partial charge in [0, 0.05) is 69.9 Å². The second-order valence-corrected chi connectivity index (χ2v) is 10.8. The van der Waals surface area contributed by atoms with Gasteiger partial charge in [-0.05, 0) is 50.2 Å². The van der Waals surface area contributed by atoms with Crippen molar-refractivity contribution in [1.29, 1.82) is 0 Å². The minimum Gasteiger partial charge on any atom is -0.342 e. The van der Waals surface area contributed by atoms with Crippen LogP contribution in [0, 0.1) is 5.92 Å². The van der Waals surface area contributed by atoms with Crippen molar-refractivity contribution in [3.63, 3.8) is 0 Å². The normalized spacial score (nSPS) is 23.8. The van der Waals surface area contributed by atoms with E-state index in [1.165, 1.54) is 19.3 Å². The highest BCUT2D eigenvalue weighted by Gasteiger charge is 2.35. The molecule has 1 aromatic rings. The Balaban J connectivity index is 1.06. The summed E-state index contributed by atoms with van der Waals surface area (Å²) in [6, 6.07) is 7.17. The number of fused-ring (bicyclic) bond motifs is 1. The molecule has 0 aromatic heterocycles. The molecule has 36 heavy (non-hydrogen) atoms. The minimum atomic E-state index is -0.730. The molecule has 9 nitrogen and oxygen atoms in total. The molecule has 4 aliphatic heterocycles. The molecule has 0 bridgehead atoms. The third-order valence-electron chi connectivity index (χ3n) is 8.48. The molecule has 5 rings (SSSR count). The number of benzene rings is 1. The zero-order valence-electron chi connectivity index (χ0n) is 21.2. The van der Waals surface area contributed by atoms with Crippen LogP contribution in [0.4, 0.5) is 10.5 Å². The van der Waals surface area contributed by atoms with Crippen LogP contribution in [0.5, 0.6) is 0 Å². The predicted molar refractivity (Wildman–Crippen MR) is 138 cm³/mol. The van der Waals surface area contributed by atoms with Crippen molar-refractivity contribution in [3.05, 3.63) is 29.8 Å². The van der Waals surface area contributed by atoms with Gasteiger partial charge in [0.05, 0.1) is 6.04 Å². The number of para-hydroxylation sites is 1. The van der Waals surface area contributed by atoms with E-state index in [2.05, 4.69) is 15.3 Å². The number of hydrazine groups is 1. The summed E-state index contributed by atoms with van der Waals surface area (Å²) in [5, 5.41) is 7.83. The highest BCUT2D eigenvalue weighted by molar-refractivity contribution is 5.93. The number of Topliss-reactive ketones (excluding diaryl/α,β-unsaturated/α-hetero) is 1. The molecule has 1 atom stereocenters. The fourth-order valence-electron chi connectivity index (χ4n) is 6.26. The Labute approximate surface area is 213 Å². The summed E-state index contributed by atoms with van der Waals surface area (Å²) in [7, 11) is 0. The van der Waals surface area contributed by atoms with Crippen LogP contribution in [0.25, 0.3) is 0 Å². The molecule has 1 aromatic carbocycles. The number of carbonyl (C=O) groups excluding carboxylic acids is 3. The van der Waals surface area contributed by atoms with Gasteiger partial charge in [0.1, 0.15) is 0 Å². The molecule has 3 fully saturated rings. The maximum absolute atomic E-state index is 13.0. The van der Waals surface area contributed by atoms with Crippen molar-refractivity contribution in [2.75, 3.05) is 44.6 Å². The van der Waals surface area contributed by atoms with Crippen molar-refractivity contribution in [1.82, 2.24) is 19.8 Å². The predicted octanol–water partition coefficient (Wildman–Crippen LogP) is 2.42. The molecular weight excluding hydrogens is 456 g/mol. The number of piperidine rings is 3. The van der Waals surface area contributed by atoms with Gasteiger partial charge in [-0.2, -0.15) is 0 Å². The molecule has 196 valence electrons. The number of hydrogen-bond acceptors (Lipinski definition) is 6. The van der Waals surface area contributed by atoms with Gasteiger partial charge < -0.3 is 20.9 Å². The average molecular weight is 497 g/mol. The van der Waals surface area contributed by atoms with E-state index in [9.17, 15) is 14.4 Å². The second kappa shape index (κ2) is 11.3. The topological polar surface area (TPSA) is 102 Å². The molecule has 0 spiro atoms. The Kier molecular flexibility index (Phi) is 7.88. The summed E-state index contributed by atoms with van der Waals surface area (Å²) in [5.41, 5.74) is 8.25. The van der Waals surface area contributed by atoms with Gasteiger partial charge in [-0.15, -0.1) is 0 Å². The monoisotopic (exact) mass is 496 g/mol. The minimum absolute atomic E-state index is 0.0416. The fourth-order valence-corrected chi connectivity index (χ4v) is 6.26. The first-order chi connectivity index (χ1) is 17.5. The van der Waals surface area contributed by atoms with E-state index in [1.807, 2.05) is 34.1 Å². The van der Waals surface area contributed by atoms with Crippen LogP contribution in [0.2, 0.25) is 0 Å². The molecule has 9 heteroatoms. The van der Waals surface area contributed by atoms with Crippen molar-refractivity contribution in [3.8, 4) is 0 Å². The van der Waals surface area contributed by atoms with Crippen LogP contribution < -0.4 is 11.1 Å². The molecule has 0 aliphatic carbocycles. The van der Waals surface area contributed by atoms with Crippen LogP contribution in [-0.2, 0) is 16.1 Å². The molecule has 0 radical (unpaired) electrons. The molecule has 1 unspecified atom stereocenters. The first-order valence-corrected chi connectivity index (χ1v) is 13.7. The molecule has 3 amide bonds. The Morgan fingerprint density at radius 1 is 0.917 bits per heavy atom. The number of urea groups is 1. The lowest BCUT2D eigenvalue weighted by molar-refractivity contribution is -0.137. The van der Waals surface area contributed by atoms with Crippen LogP contribution in [-0.4, -0.2) is 88.9 Å². The Morgan fingerprint density at radius 2 is 1.58 bits per heavy atom. The van der Waals surface area contributed by atoms with E-state index in [-0.39, 0.29) is 36.1 Å². The smallest absolute Gasteiger partial charge is 0.322 e. The summed E-state index contributed by atoms with van der Waals surface area (Å²) in [5.74, 6) is -0.0475. The SMILES string of the molecule is NC(CC(=O)N1CCC(N2Cc3ccccc3NC2=O)CC1)C(=O)C1CCN(N2CCCCC2)CC1. The van der Waals surface area contributed by atoms with Crippen molar-refractivity contribution < 1.29 is 14.4 Å². The summed E-state index contributed by atoms with van der Waals surface area (Å²) in [4.78, 5) is 42.3. The fraction of sp³-hybridized carbons (Fsp3) is 0.667. The average Bonchev–Trinajstić information content (AvgIpc) is 2.93. The first kappa shape index (κ1) is 25.2. The number of anilines is 1. The molecule has 4 heterocycles. The van der Waals surface area contributed by atoms with Gasteiger partial charge in [-0.3, -0.25) is 9.59 Å². The Hall–Kier alpha value is -2.49. The van der Waals surface area contributed by atoms with Gasteiger partial charge in [0.25, 0.3) is 0 Å². The number of hydrogen-bond donors (Lipinski definition) is 2. The zero-order valence-corrected chi connectivity index (χ0v) is 21.2. The first-order valence-electron chi connectivity index (χ1n) is 13.7. The van der Waals surface area contributed by atoms with Crippen LogP contribution >= 0.6 is 0 Å². The lowest BCUT2D eigenvalue weighted by Crippen LogP contribution is -2.52. The maximum atomic E-state index is 13.0. The highest BCUT2D eigenvalue weighted by Crippen LogP contribution is 2.28. The number of amides is 3. The van der Waals surface area contributed by atoms with Gasteiger partial charge in [-0.1, -0.05) is 24.6 Å². The number of nitrogens with one attached hydrogen (secondary N) is 1. The summed E-state index contributed by atoms with van der Waals surface area (Å²) in [6.45, 7) is 5.82. The molecule has 3 saturated heterocycles. The third-order valence-corrected chi connectivity index (χ3v) is 8.48. The van der Waals surface area contributed by atoms with Gasteiger partial charge >= 0.3 is 6.03 Å². The van der Waals surface area contributed by atoms with E-state index in [0.717, 1.165) is 63.1 Å². The third kappa shape index (κ3) is 5.58. The number of carbonyl (C=O) groups is 3. The van der Waals surface area contributed by atoms with Crippen molar-refractivity contribution >= 4 is 23.4 Å². The van der Waals surface area contributed by atoms with Crippen molar-refractivity contribution in [2.45, 2.75) is 70.0 Å². The van der Waals surface area contributed by atoms with Crippen molar-refractivity contribution in [2.24, 2.45) is 11.7 Å². The quantitative estimate of drug-likeness (QED) is 0.627. The number of nitrogens with zero attached hydrogens (tertiary/aromatic N) is 4. The largest absolute Gasteiger partial charge is 0.342 e. The molecule has 4 aliphatic rings. The second-order valence-electron chi connectivity index (χ2n) is 10.8. The Bertz CT molecular complexity index is 949. The number of ketones is 1. The van der Waals surface area contributed by atoms with Gasteiger partial charge in [0.2, 0.25) is 5.91 Å². The molecular formula is C27H40N6O3. The number of likely N-dealkylation sites (tertiary alicyclic amines) is 1. The lowest BCUT2D eigenvalue weighted by atomic mass is 9.88. The summed E-state index contributed by atoms with van der Waals surface area (Å²) >= 11 is 0. The van der Waals surface area contributed by atoms with E-state index in [1.54, 1.807) is 0 Å². The number of nitrogens with two attached hydrogens (primary N) is 1. The van der Waals surface area contributed by atoms with Gasteiger partial charge in [-0.25, -0.2) is 14.8 Å². The van der Waals surface area contributed by atoms with Crippen LogP contribution in [0.3, 0.4) is 0 Å². The molecule has 3 N–H and O–H groups in total. The molecule has 0 saturated carbocycles. The standard InChI is InChI=1S/C27H40N6O3/c28-23(26(35)20-8-16-32(17-9-20)31-12-4-1-5-13-31)18-25(34)30-14-10-22(11-15-30)33-19-21-6-2-3-7-24(21)29-27(33)36/h2-3,6-7,20,22-23H,1,4-5,8-19,28H2,(H,29,36). The summed E-state index contributed by atoms with van der Waals surface area (Å²) < 4.78 is 0. The van der Waals surface area contributed by atoms with E-state index in [4.69, 9.17) is 5.73 Å². The van der Waals surface area contributed by atoms with E-state index < -0.39 is 6.04 Å².